The Kier molecular flexibility index (Phi) is 7.50. The van der Waals surface area contributed by atoms with Crippen LogP contribution in [0.25, 0.3) is 0 Å². The van der Waals surface area contributed by atoms with Crippen LogP contribution in [0, 0.1) is 17.8 Å². The smallest absolute Gasteiger partial charge is 0.340 e. The maximum atomic E-state index is 13.1. The highest BCUT2D eigenvalue weighted by Gasteiger charge is 2.58. The highest BCUT2D eigenvalue weighted by Crippen LogP contribution is 2.34. The number of nitrogens with two attached hydrogens (primary N) is 1. The first-order valence-electron chi connectivity index (χ1n) is 9.30. The van der Waals surface area contributed by atoms with E-state index in [1.165, 1.54) is 6.92 Å². The molecule has 0 aromatic rings. The van der Waals surface area contributed by atoms with Crippen molar-refractivity contribution in [2.75, 3.05) is 6.61 Å². The Morgan fingerprint density at radius 2 is 1.81 bits per heavy atom. The number of amides is 2. The largest absolute Gasteiger partial charge is 0.464 e. The third-order valence-corrected chi connectivity index (χ3v) is 4.68. The van der Waals surface area contributed by atoms with Crippen LogP contribution in [0.2, 0.25) is 0 Å². The molecule has 1 rings (SSSR count). The van der Waals surface area contributed by atoms with Crippen molar-refractivity contribution in [2.24, 2.45) is 23.5 Å². The second-order valence-electron chi connectivity index (χ2n) is 7.99. The number of carbonyl (C=O) groups excluding carboxylic acids is 4. The minimum atomic E-state index is -1.95. The van der Waals surface area contributed by atoms with Crippen LogP contribution in [0.3, 0.4) is 0 Å². The van der Waals surface area contributed by atoms with Crippen LogP contribution < -0.4 is 5.73 Å². The average molecular weight is 368 g/mol. The number of piperidine rings is 1. The zero-order chi connectivity index (χ0) is 20.2. The molecule has 0 radical (unpaired) electrons. The van der Waals surface area contributed by atoms with Crippen LogP contribution in [-0.2, 0) is 23.9 Å². The number of likely N-dealkylation sites (tertiary alicyclic amines) is 1. The van der Waals surface area contributed by atoms with Crippen molar-refractivity contribution >= 4 is 23.6 Å². The summed E-state index contributed by atoms with van der Waals surface area (Å²) in [5.74, 6) is -2.90. The van der Waals surface area contributed by atoms with Gasteiger partial charge in [0.25, 0.3) is 0 Å². The number of imide groups is 1. The van der Waals surface area contributed by atoms with E-state index < -0.39 is 41.1 Å². The molecule has 148 valence electrons. The number of esters is 1. The van der Waals surface area contributed by atoms with E-state index in [9.17, 15) is 19.2 Å². The quantitative estimate of drug-likeness (QED) is 0.541. The molecule has 0 bridgehead atoms. The Bertz CT molecular complexity index is 564. The van der Waals surface area contributed by atoms with E-state index in [0.29, 0.717) is 12.8 Å². The number of nitrogens with zero attached hydrogens (tertiary/aromatic N) is 1. The summed E-state index contributed by atoms with van der Waals surface area (Å²) in [5.41, 5.74) is 4.04. The fourth-order valence-corrected chi connectivity index (χ4v) is 3.37. The van der Waals surface area contributed by atoms with E-state index in [2.05, 4.69) is 0 Å². The minimum absolute atomic E-state index is 0.0470. The summed E-state index contributed by atoms with van der Waals surface area (Å²) >= 11 is 0. The molecule has 2 amide bonds. The maximum Gasteiger partial charge on any atom is 0.340 e. The lowest BCUT2D eigenvalue weighted by molar-refractivity contribution is -0.179. The van der Waals surface area contributed by atoms with Crippen molar-refractivity contribution in [2.45, 2.75) is 72.4 Å². The Morgan fingerprint density at radius 3 is 2.27 bits per heavy atom. The molecule has 0 saturated carbocycles. The summed E-state index contributed by atoms with van der Waals surface area (Å²) in [6.07, 6.45) is 0.743. The average Bonchev–Trinajstić information content (AvgIpc) is 2.51. The molecule has 1 fully saturated rings. The fraction of sp³-hybridized carbons (Fsp3) is 0.789. The summed E-state index contributed by atoms with van der Waals surface area (Å²) in [4.78, 5) is 52.2. The van der Waals surface area contributed by atoms with Crippen molar-refractivity contribution in [3.8, 4) is 0 Å². The van der Waals surface area contributed by atoms with Gasteiger partial charge in [0, 0.05) is 12.3 Å². The molecule has 3 atom stereocenters. The van der Waals surface area contributed by atoms with Crippen molar-refractivity contribution in [3.05, 3.63) is 0 Å². The molecule has 26 heavy (non-hydrogen) atoms. The van der Waals surface area contributed by atoms with Gasteiger partial charge in [0.2, 0.25) is 17.4 Å². The molecule has 1 heterocycles. The Labute approximate surface area is 155 Å². The monoisotopic (exact) mass is 368 g/mol. The predicted octanol–water partition coefficient (Wildman–Crippen LogP) is 1.67. The summed E-state index contributed by atoms with van der Waals surface area (Å²) < 4.78 is 5.01. The Hall–Kier alpha value is -1.76. The third-order valence-electron chi connectivity index (χ3n) is 4.68. The first-order chi connectivity index (χ1) is 12.0. The number of hydrogen-bond donors (Lipinski definition) is 1. The molecule has 0 aromatic heterocycles. The van der Waals surface area contributed by atoms with Gasteiger partial charge >= 0.3 is 5.97 Å². The van der Waals surface area contributed by atoms with E-state index in [1.54, 1.807) is 6.92 Å². The summed E-state index contributed by atoms with van der Waals surface area (Å²) in [6.45, 7) is 10.6. The van der Waals surface area contributed by atoms with E-state index in [0.717, 1.165) is 4.90 Å². The van der Waals surface area contributed by atoms with Gasteiger partial charge in [-0.05, 0) is 38.5 Å². The van der Waals surface area contributed by atoms with Gasteiger partial charge in [-0.3, -0.25) is 19.3 Å². The number of ketones is 1. The molecule has 2 N–H and O–H groups in total. The molecule has 0 aliphatic carbocycles. The molecule has 0 unspecified atom stereocenters. The number of hydrogen-bond acceptors (Lipinski definition) is 6. The lowest BCUT2D eigenvalue weighted by Gasteiger charge is -2.43. The highest BCUT2D eigenvalue weighted by atomic mass is 16.5. The van der Waals surface area contributed by atoms with E-state index in [-0.39, 0.29) is 24.9 Å². The Balaban J connectivity index is 3.34. The van der Waals surface area contributed by atoms with E-state index >= 15 is 0 Å². The van der Waals surface area contributed by atoms with Crippen LogP contribution in [-0.4, -0.2) is 46.7 Å². The lowest BCUT2D eigenvalue weighted by Crippen LogP contribution is -2.69. The molecule has 1 saturated heterocycles. The van der Waals surface area contributed by atoms with Gasteiger partial charge in [-0.15, -0.1) is 0 Å². The number of rotatable bonds is 7. The zero-order valence-corrected chi connectivity index (χ0v) is 16.7. The van der Waals surface area contributed by atoms with Gasteiger partial charge in [0.1, 0.15) is 0 Å². The molecule has 1 aliphatic heterocycles. The third kappa shape index (κ3) is 4.50. The van der Waals surface area contributed by atoms with E-state index in [1.807, 2.05) is 27.7 Å². The predicted molar refractivity (Wildman–Crippen MR) is 96.9 cm³/mol. The van der Waals surface area contributed by atoms with Crippen LogP contribution in [0.1, 0.15) is 60.8 Å². The van der Waals surface area contributed by atoms with Crippen LogP contribution >= 0.6 is 0 Å². The Morgan fingerprint density at radius 1 is 1.23 bits per heavy atom. The van der Waals surface area contributed by atoms with Gasteiger partial charge in [0.05, 0.1) is 12.6 Å². The molecule has 0 aromatic carbocycles. The van der Waals surface area contributed by atoms with Crippen LogP contribution in [0.5, 0.6) is 0 Å². The van der Waals surface area contributed by atoms with Gasteiger partial charge < -0.3 is 10.5 Å². The van der Waals surface area contributed by atoms with Crippen molar-refractivity contribution in [1.29, 1.82) is 0 Å². The SMILES string of the molecule is CCOC(=O)[C@@]1(C)C(=O)C[C@@H](CC(C)C)C(=O)N1C(=O)[C@@H](N)CC(C)C. The van der Waals surface area contributed by atoms with Crippen molar-refractivity contribution < 1.29 is 23.9 Å². The van der Waals surface area contributed by atoms with Crippen LogP contribution in [0.15, 0.2) is 0 Å². The second-order valence-corrected chi connectivity index (χ2v) is 7.99. The second kappa shape index (κ2) is 8.75. The fourth-order valence-electron chi connectivity index (χ4n) is 3.37. The minimum Gasteiger partial charge on any atom is -0.464 e. The normalized spacial score (nSPS) is 25.0. The first kappa shape index (κ1) is 22.3. The maximum absolute atomic E-state index is 13.1. The standard InChI is InChI=1S/C19H32N2O5/c1-7-26-18(25)19(6)15(22)10-13(8-11(2)3)16(23)21(19)17(24)14(20)9-12(4)5/h11-14H,7-10,20H2,1-6H3/t13-,14+,19-/m1/s1. The lowest BCUT2D eigenvalue weighted by atomic mass is 9.78. The summed E-state index contributed by atoms with van der Waals surface area (Å²) in [5, 5.41) is 0. The first-order valence-corrected chi connectivity index (χ1v) is 9.30. The molecule has 1 aliphatic rings. The van der Waals surface area contributed by atoms with Gasteiger partial charge in [-0.1, -0.05) is 27.7 Å². The van der Waals surface area contributed by atoms with E-state index in [4.69, 9.17) is 10.5 Å². The zero-order valence-electron chi connectivity index (χ0n) is 16.7. The molecular formula is C19H32N2O5. The molecular weight excluding hydrogens is 336 g/mol. The number of ether oxygens (including phenoxy) is 1. The number of Topliss-reactive ketones (excluding diaryl/α,β-unsaturated/α-hetero) is 1. The van der Waals surface area contributed by atoms with Crippen LogP contribution in [0.4, 0.5) is 0 Å². The summed E-state index contributed by atoms with van der Waals surface area (Å²) in [6, 6.07) is -0.960. The molecule has 0 spiro atoms. The van der Waals surface area contributed by atoms with Crippen molar-refractivity contribution in [3.63, 3.8) is 0 Å². The molecule has 7 nitrogen and oxygen atoms in total. The summed E-state index contributed by atoms with van der Waals surface area (Å²) in [7, 11) is 0. The van der Waals surface area contributed by atoms with Gasteiger partial charge in [0.15, 0.2) is 5.78 Å². The van der Waals surface area contributed by atoms with Crippen molar-refractivity contribution in [1.82, 2.24) is 4.90 Å². The van der Waals surface area contributed by atoms with Gasteiger partial charge in [-0.2, -0.15) is 0 Å². The molecule has 7 heteroatoms. The highest BCUT2D eigenvalue weighted by molar-refractivity contribution is 6.19. The van der Waals surface area contributed by atoms with Gasteiger partial charge in [-0.25, -0.2) is 4.79 Å². The topological polar surface area (TPSA) is 107 Å². The number of carbonyl (C=O) groups is 4.